The third-order valence-corrected chi connectivity index (χ3v) is 4.64. The van der Waals surface area contributed by atoms with Crippen molar-refractivity contribution in [1.82, 2.24) is 9.78 Å². The molecule has 1 aromatic heterocycles. The molecule has 0 aliphatic heterocycles. The van der Waals surface area contributed by atoms with Crippen LogP contribution in [0, 0.1) is 13.8 Å². The van der Waals surface area contributed by atoms with Gasteiger partial charge in [-0.1, -0.05) is 31.2 Å². The minimum absolute atomic E-state index is 0.338. The maximum atomic E-state index is 5.76. The van der Waals surface area contributed by atoms with Gasteiger partial charge in [-0.15, -0.1) is 0 Å². The van der Waals surface area contributed by atoms with E-state index in [1.165, 1.54) is 16.7 Å². The van der Waals surface area contributed by atoms with Gasteiger partial charge in [0.05, 0.1) is 18.1 Å². The van der Waals surface area contributed by atoms with Crippen LogP contribution in [0.2, 0.25) is 0 Å². The fourth-order valence-corrected chi connectivity index (χ4v) is 2.86. The normalized spacial score (nSPS) is 10.5. The third-order valence-electron chi connectivity index (χ3n) is 4.44. The summed E-state index contributed by atoms with van der Waals surface area (Å²) in [5.41, 5.74) is 5.50. The van der Waals surface area contributed by atoms with Gasteiger partial charge in [0.2, 0.25) is 0 Å². The number of thiocarbonyl (C=S) groups is 1. The summed E-state index contributed by atoms with van der Waals surface area (Å²) >= 11 is 5.40. The molecule has 27 heavy (non-hydrogen) atoms. The van der Waals surface area contributed by atoms with Crippen LogP contribution in [-0.2, 0) is 13.2 Å². The predicted octanol–water partition coefficient (Wildman–Crippen LogP) is 4.91. The monoisotopic (exact) mass is 380 g/mol. The molecule has 140 valence electrons. The van der Waals surface area contributed by atoms with Crippen LogP contribution < -0.4 is 15.4 Å². The Labute approximate surface area is 165 Å². The van der Waals surface area contributed by atoms with Crippen LogP contribution in [0.15, 0.2) is 54.9 Å². The van der Waals surface area contributed by atoms with Gasteiger partial charge >= 0.3 is 0 Å². The van der Waals surface area contributed by atoms with E-state index in [0.29, 0.717) is 11.8 Å². The molecule has 0 unspecified atom stereocenters. The quantitative estimate of drug-likeness (QED) is 0.595. The van der Waals surface area contributed by atoms with Crippen LogP contribution in [0.1, 0.15) is 23.6 Å². The van der Waals surface area contributed by atoms with E-state index in [2.05, 4.69) is 54.7 Å². The van der Waals surface area contributed by atoms with Gasteiger partial charge in [0.1, 0.15) is 5.75 Å². The molecule has 6 heteroatoms. The summed E-state index contributed by atoms with van der Waals surface area (Å²) in [7, 11) is 0. The maximum absolute atomic E-state index is 5.76. The summed E-state index contributed by atoms with van der Waals surface area (Å²) in [6.45, 7) is 6.62. The first-order valence-corrected chi connectivity index (χ1v) is 9.34. The van der Waals surface area contributed by atoms with Crippen LogP contribution in [0.25, 0.3) is 0 Å². The number of anilines is 2. The minimum Gasteiger partial charge on any atom is -0.471 e. The fourth-order valence-electron chi connectivity index (χ4n) is 2.63. The van der Waals surface area contributed by atoms with Crippen LogP contribution in [0.4, 0.5) is 11.4 Å². The Morgan fingerprint density at radius 2 is 1.89 bits per heavy atom. The van der Waals surface area contributed by atoms with E-state index in [1.807, 2.05) is 30.5 Å². The number of ether oxygens (including phenoxy) is 1. The Hall–Kier alpha value is -2.86. The van der Waals surface area contributed by atoms with Gasteiger partial charge < -0.3 is 15.4 Å². The number of nitrogens with zero attached hydrogens (tertiary/aromatic N) is 2. The summed E-state index contributed by atoms with van der Waals surface area (Å²) in [5.74, 6) is 0.823. The van der Waals surface area contributed by atoms with E-state index < -0.39 is 0 Å². The van der Waals surface area contributed by atoms with Crippen molar-refractivity contribution in [3.63, 3.8) is 0 Å². The van der Waals surface area contributed by atoms with Gasteiger partial charge in [0.25, 0.3) is 0 Å². The van der Waals surface area contributed by atoms with Gasteiger partial charge in [-0.25, -0.2) is 4.68 Å². The van der Waals surface area contributed by atoms with Crippen LogP contribution >= 0.6 is 12.2 Å². The lowest BCUT2D eigenvalue weighted by Crippen LogP contribution is -2.19. The second kappa shape index (κ2) is 8.68. The Balaban J connectivity index is 1.54. The SMILES string of the molecule is CCc1ccc(OCn2cc(NC(=S)Nc3cccc(C)c3C)cn2)cc1. The van der Waals surface area contributed by atoms with Gasteiger partial charge in [0, 0.05) is 5.69 Å². The molecule has 2 aromatic carbocycles. The number of rotatable bonds is 6. The van der Waals surface area contributed by atoms with E-state index in [9.17, 15) is 0 Å². The predicted molar refractivity (Wildman–Crippen MR) is 114 cm³/mol. The maximum Gasteiger partial charge on any atom is 0.180 e. The summed E-state index contributed by atoms with van der Waals surface area (Å²) in [4.78, 5) is 0. The van der Waals surface area contributed by atoms with Crippen molar-refractivity contribution in [3.8, 4) is 5.75 Å². The molecule has 3 aromatic rings. The summed E-state index contributed by atoms with van der Waals surface area (Å²) < 4.78 is 7.48. The zero-order valence-corrected chi connectivity index (χ0v) is 16.6. The first-order valence-electron chi connectivity index (χ1n) is 8.93. The average molecular weight is 381 g/mol. The van der Waals surface area contributed by atoms with Gasteiger partial charge in [-0.3, -0.25) is 0 Å². The second-order valence-electron chi connectivity index (χ2n) is 6.37. The van der Waals surface area contributed by atoms with E-state index >= 15 is 0 Å². The van der Waals surface area contributed by atoms with Crippen molar-refractivity contribution in [2.24, 2.45) is 0 Å². The molecule has 0 saturated carbocycles. The highest BCUT2D eigenvalue weighted by Gasteiger charge is 2.05. The number of benzene rings is 2. The second-order valence-corrected chi connectivity index (χ2v) is 6.77. The zero-order valence-electron chi connectivity index (χ0n) is 15.8. The molecular formula is C21H24N4OS. The van der Waals surface area contributed by atoms with Crippen molar-refractivity contribution < 1.29 is 4.74 Å². The summed E-state index contributed by atoms with van der Waals surface area (Å²) in [6, 6.07) is 14.2. The molecule has 0 fully saturated rings. The Morgan fingerprint density at radius 3 is 2.63 bits per heavy atom. The Kier molecular flexibility index (Phi) is 6.08. The topological polar surface area (TPSA) is 51.1 Å². The highest BCUT2D eigenvalue weighted by molar-refractivity contribution is 7.80. The van der Waals surface area contributed by atoms with Crippen molar-refractivity contribution in [2.75, 3.05) is 10.6 Å². The van der Waals surface area contributed by atoms with Gasteiger partial charge in [0.15, 0.2) is 11.8 Å². The lowest BCUT2D eigenvalue weighted by molar-refractivity contribution is 0.221. The molecule has 0 spiro atoms. The third kappa shape index (κ3) is 5.08. The van der Waals surface area contributed by atoms with E-state index in [0.717, 1.165) is 23.5 Å². The Bertz CT molecular complexity index is 918. The summed E-state index contributed by atoms with van der Waals surface area (Å²) in [6.07, 6.45) is 4.60. The molecule has 0 bridgehead atoms. The van der Waals surface area contributed by atoms with E-state index in [4.69, 9.17) is 17.0 Å². The molecular weight excluding hydrogens is 356 g/mol. The zero-order chi connectivity index (χ0) is 19.2. The molecule has 0 amide bonds. The molecule has 2 N–H and O–H groups in total. The number of hydrogen-bond acceptors (Lipinski definition) is 3. The van der Waals surface area contributed by atoms with E-state index in [-0.39, 0.29) is 0 Å². The number of aryl methyl sites for hydroxylation is 2. The highest BCUT2D eigenvalue weighted by Crippen LogP contribution is 2.18. The first-order chi connectivity index (χ1) is 13.0. The largest absolute Gasteiger partial charge is 0.471 e. The molecule has 0 atom stereocenters. The van der Waals surface area contributed by atoms with Crippen molar-refractivity contribution in [2.45, 2.75) is 33.9 Å². The number of aromatic nitrogens is 2. The lowest BCUT2D eigenvalue weighted by Gasteiger charge is -2.12. The molecule has 0 aliphatic carbocycles. The van der Waals surface area contributed by atoms with Crippen molar-refractivity contribution >= 4 is 28.7 Å². The first kappa shape index (κ1) is 18.9. The molecule has 1 heterocycles. The molecule has 0 radical (unpaired) electrons. The van der Waals surface area contributed by atoms with E-state index in [1.54, 1.807) is 10.9 Å². The van der Waals surface area contributed by atoms with Crippen molar-refractivity contribution in [1.29, 1.82) is 0 Å². The molecule has 3 rings (SSSR count). The van der Waals surface area contributed by atoms with Crippen LogP contribution in [0.3, 0.4) is 0 Å². The summed E-state index contributed by atoms with van der Waals surface area (Å²) in [5, 5.41) is 11.2. The van der Waals surface area contributed by atoms with Gasteiger partial charge in [-0.05, 0) is 67.4 Å². The number of hydrogen-bond donors (Lipinski definition) is 2. The van der Waals surface area contributed by atoms with Gasteiger partial charge in [-0.2, -0.15) is 5.10 Å². The van der Waals surface area contributed by atoms with Crippen molar-refractivity contribution in [3.05, 3.63) is 71.5 Å². The smallest absolute Gasteiger partial charge is 0.180 e. The lowest BCUT2D eigenvalue weighted by atomic mass is 10.1. The van der Waals surface area contributed by atoms with Crippen LogP contribution in [0.5, 0.6) is 5.75 Å². The highest BCUT2D eigenvalue weighted by atomic mass is 32.1. The minimum atomic E-state index is 0.338. The fraction of sp³-hybridized carbons (Fsp3) is 0.238. The Morgan fingerprint density at radius 1 is 1.11 bits per heavy atom. The molecule has 0 saturated heterocycles. The molecule has 5 nitrogen and oxygen atoms in total. The average Bonchev–Trinajstić information content (AvgIpc) is 3.11. The molecule has 0 aliphatic rings. The standard InChI is InChI=1S/C21H24N4OS/c1-4-17-8-10-19(11-9-17)26-14-25-13-18(12-22-25)23-21(27)24-20-7-5-6-15(2)16(20)3/h5-13H,4,14H2,1-3H3,(H2,23,24,27). The number of nitrogens with one attached hydrogen (secondary N) is 2. The van der Waals surface area contributed by atoms with Crippen LogP contribution in [-0.4, -0.2) is 14.9 Å².